The van der Waals surface area contributed by atoms with E-state index in [9.17, 15) is 4.79 Å². The van der Waals surface area contributed by atoms with E-state index in [2.05, 4.69) is 27.5 Å². The first-order chi connectivity index (χ1) is 5.11. The molecule has 1 heterocycles. The van der Waals surface area contributed by atoms with E-state index >= 15 is 0 Å². The van der Waals surface area contributed by atoms with Crippen molar-refractivity contribution in [1.29, 1.82) is 0 Å². The topological polar surface area (TPSA) is 23.6 Å². The van der Waals surface area contributed by atoms with Crippen LogP contribution in [0.3, 0.4) is 0 Å². The molecule has 72 valence electrons. The summed E-state index contributed by atoms with van der Waals surface area (Å²) in [5.41, 5.74) is 0. The third kappa shape index (κ3) is 3.24. The van der Waals surface area contributed by atoms with E-state index in [0.717, 1.165) is 19.6 Å². The number of carbonyl (C=O) groups is 1. The van der Waals surface area contributed by atoms with Gasteiger partial charge < -0.3 is 9.80 Å². The van der Waals surface area contributed by atoms with Crippen molar-refractivity contribution >= 4 is 52.0 Å². The Morgan fingerprint density at radius 2 is 2.17 bits per heavy atom. The maximum Gasteiger partial charge on any atom is 0.317 e. The van der Waals surface area contributed by atoms with E-state index in [1.807, 2.05) is 7.05 Å². The Kier molecular flexibility index (Phi) is 5.80. The smallest absolute Gasteiger partial charge is 0.315 e. The predicted octanol–water partition coefficient (Wildman–Crippen LogP) is 1.78. The molecule has 0 aliphatic carbocycles. The highest BCUT2D eigenvalue weighted by Gasteiger charge is 2.25. The lowest BCUT2D eigenvalue weighted by Crippen LogP contribution is -2.49. The van der Waals surface area contributed by atoms with Gasteiger partial charge in [-0.25, -0.2) is 0 Å². The van der Waals surface area contributed by atoms with Crippen LogP contribution in [-0.4, -0.2) is 45.9 Å². The molecule has 0 bridgehead atoms. The summed E-state index contributed by atoms with van der Waals surface area (Å²) in [5.74, 6) is 0. The predicted molar refractivity (Wildman–Crippen MR) is 60.5 cm³/mol. The monoisotopic (exact) mass is 324 g/mol. The van der Waals surface area contributed by atoms with Crippen LogP contribution >= 0.6 is 46.6 Å². The highest BCUT2D eigenvalue weighted by atomic mass is 127. The fourth-order valence-electron chi connectivity index (χ4n) is 1.06. The Labute approximate surface area is 97.0 Å². The molecule has 0 aromatic rings. The lowest BCUT2D eigenvalue weighted by atomic mass is 10.3. The van der Waals surface area contributed by atoms with Gasteiger partial charge in [0, 0.05) is 19.6 Å². The van der Waals surface area contributed by atoms with Crippen LogP contribution in [-0.2, 0) is 0 Å². The van der Waals surface area contributed by atoms with Crippen molar-refractivity contribution in [3.63, 3.8) is 0 Å². The number of amides is 1. The molecule has 1 aliphatic heterocycles. The minimum atomic E-state index is -0.336. The van der Waals surface area contributed by atoms with Crippen molar-refractivity contribution in [2.24, 2.45) is 0 Å². The first kappa shape index (κ1) is 12.7. The summed E-state index contributed by atoms with van der Waals surface area (Å²) in [4.78, 5) is 14.7. The molecule has 0 spiro atoms. The van der Waals surface area contributed by atoms with Gasteiger partial charge in [-0.05, 0) is 18.6 Å². The number of hydrogen-bond donors (Lipinski definition) is 0. The van der Waals surface area contributed by atoms with E-state index in [1.165, 1.54) is 0 Å². The first-order valence-electron chi connectivity index (χ1n) is 3.40. The van der Waals surface area contributed by atoms with Crippen molar-refractivity contribution in [2.45, 2.75) is 4.05 Å². The zero-order valence-corrected chi connectivity index (χ0v) is 10.4. The molecule has 1 saturated heterocycles. The molecule has 1 rings (SSSR count). The second-order valence-corrected chi connectivity index (χ2v) is 4.40. The number of hydrogen-bond acceptors (Lipinski definition) is 2. The van der Waals surface area contributed by atoms with Gasteiger partial charge in [0.25, 0.3) is 0 Å². The maximum atomic E-state index is 10.8. The normalized spacial score (nSPS) is 24.9. The molecule has 0 radical (unpaired) electrons. The second-order valence-electron chi connectivity index (χ2n) is 2.64. The summed E-state index contributed by atoms with van der Waals surface area (Å²) in [5, 5.41) is -0.336. The Balaban J connectivity index is 0.00000121. The molecule has 0 N–H and O–H groups in total. The molecule has 1 aliphatic rings. The first-order valence-corrected chi connectivity index (χ1v) is 5.02. The molecule has 3 nitrogen and oxygen atoms in total. The van der Waals surface area contributed by atoms with Gasteiger partial charge in [-0.3, -0.25) is 4.79 Å². The van der Waals surface area contributed by atoms with Crippen LogP contribution in [0, 0.1) is 0 Å². The molecule has 6 heteroatoms. The number of rotatable bonds is 0. The van der Waals surface area contributed by atoms with Crippen molar-refractivity contribution < 1.29 is 4.79 Å². The largest absolute Gasteiger partial charge is 0.317 e. The Bertz CT molecular complexity index is 170. The van der Waals surface area contributed by atoms with E-state index in [-0.39, 0.29) is 21.8 Å². The maximum absolute atomic E-state index is 10.8. The van der Waals surface area contributed by atoms with Gasteiger partial charge in [-0.1, -0.05) is 22.6 Å². The molecule has 1 atom stereocenters. The fourth-order valence-corrected chi connectivity index (χ4v) is 2.63. The lowest BCUT2D eigenvalue weighted by Gasteiger charge is -2.35. The van der Waals surface area contributed by atoms with E-state index < -0.39 is 0 Å². The van der Waals surface area contributed by atoms with Gasteiger partial charge in [0.1, 0.15) is 0 Å². The summed E-state index contributed by atoms with van der Waals surface area (Å²) in [6.07, 6.45) is 0. The van der Waals surface area contributed by atoms with E-state index in [1.54, 1.807) is 4.90 Å². The van der Waals surface area contributed by atoms with Gasteiger partial charge in [0.15, 0.2) is 0 Å². The Hall–Kier alpha value is 0.740. The average molecular weight is 325 g/mol. The molecule has 0 saturated carbocycles. The number of carbonyl (C=O) groups excluding carboxylic acids is 1. The third-order valence-corrected chi connectivity index (χ3v) is 3.03. The molecule has 1 amide bonds. The number of alkyl halides is 1. The van der Waals surface area contributed by atoms with Crippen molar-refractivity contribution in [1.82, 2.24) is 9.80 Å². The Morgan fingerprint density at radius 3 is 2.58 bits per heavy atom. The van der Waals surface area contributed by atoms with Crippen molar-refractivity contribution in [3.05, 3.63) is 0 Å². The molecule has 1 unspecified atom stereocenters. The van der Waals surface area contributed by atoms with Crippen molar-refractivity contribution in [2.75, 3.05) is 26.7 Å². The Morgan fingerprint density at radius 1 is 1.58 bits per heavy atom. The van der Waals surface area contributed by atoms with E-state index in [4.69, 9.17) is 11.6 Å². The lowest BCUT2D eigenvalue weighted by molar-refractivity contribution is 0.165. The van der Waals surface area contributed by atoms with Crippen LogP contribution in [0.15, 0.2) is 0 Å². The number of piperazine rings is 1. The second kappa shape index (κ2) is 5.47. The highest BCUT2D eigenvalue weighted by Crippen LogP contribution is 2.16. The van der Waals surface area contributed by atoms with Crippen LogP contribution < -0.4 is 0 Å². The number of nitrogens with zero attached hydrogens (tertiary/aromatic N) is 2. The molecular formula is C6H11Cl2IN2O. The van der Waals surface area contributed by atoms with Crippen LogP contribution in [0.4, 0.5) is 4.79 Å². The summed E-state index contributed by atoms with van der Waals surface area (Å²) >= 11 is 7.59. The SMILES string of the molecule is CN1CCN(C(=O)Cl)C(I)C1.Cl. The fraction of sp³-hybridized carbons (Fsp3) is 0.833. The van der Waals surface area contributed by atoms with E-state index in [0.29, 0.717) is 0 Å². The van der Waals surface area contributed by atoms with Crippen LogP contribution in [0.5, 0.6) is 0 Å². The van der Waals surface area contributed by atoms with Gasteiger partial charge in [0.05, 0.1) is 4.05 Å². The summed E-state index contributed by atoms with van der Waals surface area (Å²) in [7, 11) is 2.04. The number of likely N-dealkylation sites (N-methyl/N-ethyl adjacent to an activating group) is 1. The third-order valence-electron chi connectivity index (χ3n) is 1.75. The summed E-state index contributed by atoms with van der Waals surface area (Å²) < 4.78 is 0.219. The summed E-state index contributed by atoms with van der Waals surface area (Å²) in [6, 6.07) is 0. The van der Waals surface area contributed by atoms with Crippen molar-refractivity contribution in [3.8, 4) is 0 Å². The van der Waals surface area contributed by atoms with Gasteiger partial charge in [-0.15, -0.1) is 12.4 Å². The summed E-state index contributed by atoms with van der Waals surface area (Å²) in [6.45, 7) is 2.56. The number of halogens is 3. The minimum absolute atomic E-state index is 0. The molecule has 0 aromatic carbocycles. The van der Waals surface area contributed by atoms with Gasteiger partial charge >= 0.3 is 5.37 Å². The molecule has 0 aromatic heterocycles. The molecular weight excluding hydrogens is 314 g/mol. The molecule has 12 heavy (non-hydrogen) atoms. The van der Waals surface area contributed by atoms with Crippen LogP contribution in [0.1, 0.15) is 0 Å². The average Bonchev–Trinajstić information content (AvgIpc) is 1.85. The minimum Gasteiger partial charge on any atom is -0.315 e. The standard InChI is InChI=1S/C6H10ClIN2O.ClH/c1-9-2-3-10(6(7)11)5(8)4-9;/h5H,2-4H2,1H3;1H. The van der Waals surface area contributed by atoms with Crippen LogP contribution in [0.2, 0.25) is 0 Å². The zero-order valence-electron chi connectivity index (χ0n) is 6.67. The highest BCUT2D eigenvalue weighted by molar-refractivity contribution is 14.1. The van der Waals surface area contributed by atoms with Crippen LogP contribution in [0.25, 0.3) is 0 Å². The van der Waals surface area contributed by atoms with Gasteiger partial charge in [0.2, 0.25) is 0 Å². The molecule has 1 fully saturated rings. The zero-order chi connectivity index (χ0) is 8.43. The van der Waals surface area contributed by atoms with Gasteiger partial charge in [-0.2, -0.15) is 0 Å². The quantitative estimate of drug-likeness (QED) is 0.293.